The Kier molecular flexibility index (Phi) is 3.71. The third-order valence-corrected chi connectivity index (χ3v) is 5.00. The molecule has 2 aromatic rings. The van der Waals surface area contributed by atoms with Crippen molar-refractivity contribution < 1.29 is 18.8 Å². The van der Waals surface area contributed by atoms with Crippen LogP contribution in [0.5, 0.6) is 0 Å². The van der Waals surface area contributed by atoms with Gasteiger partial charge in [0.2, 0.25) is 11.8 Å². The molecule has 2 saturated heterocycles. The maximum atomic E-state index is 12.5. The fourth-order valence-electron chi connectivity index (χ4n) is 3.53. The Hall–Kier alpha value is -2.83. The molecule has 0 bridgehead atoms. The molecule has 0 saturated carbocycles. The molecule has 2 aliphatic rings. The van der Waals surface area contributed by atoms with Gasteiger partial charge in [-0.3, -0.25) is 14.4 Å². The highest BCUT2D eigenvalue weighted by atomic mass is 16.3. The summed E-state index contributed by atoms with van der Waals surface area (Å²) >= 11 is 0. The van der Waals surface area contributed by atoms with Gasteiger partial charge >= 0.3 is 0 Å². The molecule has 0 radical (unpaired) electrons. The zero-order chi connectivity index (χ0) is 17.6. The standard InChI is InChI=1S/C18H19N3O4/c1-19-17(23)12-7-16(22)21(8-12)13-9-20(10-13)18(24)15-6-11-4-2-3-5-14(11)25-15/h2-6,12-13H,7-10H2,1H3,(H,19,23). The Morgan fingerprint density at radius 2 is 1.96 bits per heavy atom. The van der Waals surface area contributed by atoms with E-state index in [9.17, 15) is 14.4 Å². The lowest BCUT2D eigenvalue weighted by atomic mass is 10.1. The van der Waals surface area contributed by atoms with Crippen molar-refractivity contribution in [2.45, 2.75) is 12.5 Å². The van der Waals surface area contributed by atoms with Crippen LogP contribution < -0.4 is 5.32 Å². The normalized spacial score (nSPS) is 20.8. The Morgan fingerprint density at radius 1 is 1.20 bits per heavy atom. The van der Waals surface area contributed by atoms with Crippen LogP contribution in [0.25, 0.3) is 11.0 Å². The van der Waals surface area contributed by atoms with Crippen LogP contribution in [0.3, 0.4) is 0 Å². The van der Waals surface area contributed by atoms with E-state index in [4.69, 9.17) is 4.42 Å². The number of benzene rings is 1. The molecule has 1 N–H and O–H groups in total. The number of carbonyl (C=O) groups is 3. The summed E-state index contributed by atoms with van der Waals surface area (Å²) < 4.78 is 5.61. The summed E-state index contributed by atoms with van der Waals surface area (Å²) in [6.45, 7) is 1.38. The third kappa shape index (κ3) is 2.65. The van der Waals surface area contributed by atoms with E-state index in [1.807, 2.05) is 24.3 Å². The minimum Gasteiger partial charge on any atom is -0.451 e. The van der Waals surface area contributed by atoms with E-state index in [1.165, 1.54) is 0 Å². The van der Waals surface area contributed by atoms with E-state index in [1.54, 1.807) is 22.9 Å². The number of hydrogen-bond acceptors (Lipinski definition) is 4. The minimum atomic E-state index is -0.294. The van der Waals surface area contributed by atoms with Crippen LogP contribution in [-0.4, -0.2) is 60.2 Å². The number of furan rings is 1. The summed E-state index contributed by atoms with van der Waals surface area (Å²) in [6, 6.07) is 9.21. The minimum absolute atomic E-state index is 0.0181. The maximum absolute atomic E-state index is 12.5. The van der Waals surface area contributed by atoms with E-state index in [0.717, 1.165) is 5.39 Å². The van der Waals surface area contributed by atoms with Crippen molar-refractivity contribution in [3.63, 3.8) is 0 Å². The first-order valence-electron chi connectivity index (χ1n) is 8.35. The summed E-state index contributed by atoms with van der Waals surface area (Å²) in [5.41, 5.74) is 0.686. The quantitative estimate of drug-likeness (QED) is 0.897. The van der Waals surface area contributed by atoms with E-state index in [-0.39, 0.29) is 36.1 Å². The molecule has 2 fully saturated rings. The summed E-state index contributed by atoms with van der Waals surface area (Å²) in [5.74, 6) is -0.268. The Morgan fingerprint density at radius 3 is 2.68 bits per heavy atom. The van der Waals surface area contributed by atoms with Gasteiger partial charge < -0.3 is 19.5 Å². The van der Waals surface area contributed by atoms with E-state index >= 15 is 0 Å². The summed E-state index contributed by atoms with van der Waals surface area (Å²) in [5, 5.41) is 3.48. The first kappa shape index (κ1) is 15.7. The van der Waals surface area contributed by atoms with Crippen LogP contribution in [0.15, 0.2) is 34.7 Å². The number of hydrogen-bond donors (Lipinski definition) is 1. The number of likely N-dealkylation sites (tertiary alicyclic amines) is 2. The highest BCUT2D eigenvalue weighted by Crippen LogP contribution is 2.27. The number of nitrogens with zero attached hydrogens (tertiary/aromatic N) is 2. The molecular weight excluding hydrogens is 322 g/mol. The van der Waals surface area contributed by atoms with Crippen LogP contribution in [0.4, 0.5) is 0 Å². The van der Waals surface area contributed by atoms with Gasteiger partial charge in [0, 0.05) is 38.5 Å². The van der Waals surface area contributed by atoms with Crippen molar-refractivity contribution in [3.05, 3.63) is 36.1 Å². The van der Waals surface area contributed by atoms with Gasteiger partial charge in [0.25, 0.3) is 5.91 Å². The van der Waals surface area contributed by atoms with Gasteiger partial charge in [0.05, 0.1) is 12.0 Å². The summed E-state index contributed by atoms with van der Waals surface area (Å²) in [4.78, 5) is 39.8. The summed E-state index contributed by atoms with van der Waals surface area (Å²) in [7, 11) is 1.58. The smallest absolute Gasteiger partial charge is 0.289 e. The number of fused-ring (bicyclic) bond motifs is 1. The molecule has 1 atom stereocenters. The second-order valence-corrected chi connectivity index (χ2v) is 6.57. The summed E-state index contributed by atoms with van der Waals surface area (Å²) in [6.07, 6.45) is 0.244. The van der Waals surface area contributed by atoms with Gasteiger partial charge in [0.1, 0.15) is 5.58 Å². The van der Waals surface area contributed by atoms with Crippen LogP contribution in [0.1, 0.15) is 17.0 Å². The second-order valence-electron chi connectivity index (χ2n) is 6.57. The van der Waals surface area contributed by atoms with Crippen molar-refractivity contribution in [1.29, 1.82) is 0 Å². The van der Waals surface area contributed by atoms with Crippen LogP contribution >= 0.6 is 0 Å². The highest BCUT2D eigenvalue weighted by molar-refractivity contribution is 5.97. The van der Waals surface area contributed by atoms with Gasteiger partial charge in [0.15, 0.2) is 5.76 Å². The highest BCUT2D eigenvalue weighted by Gasteiger charge is 2.43. The first-order chi connectivity index (χ1) is 12.1. The molecule has 1 unspecified atom stereocenters. The molecule has 7 nitrogen and oxygen atoms in total. The van der Waals surface area contributed by atoms with E-state index < -0.39 is 0 Å². The van der Waals surface area contributed by atoms with Crippen molar-refractivity contribution in [2.24, 2.45) is 5.92 Å². The molecular formula is C18H19N3O4. The first-order valence-corrected chi connectivity index (χ1v) is 8.35. The van der Waals surface area contributed by atoms with Crippen molar-refractivity contribution in [2.75, 3.05) is 26.7 Å². The lowest BCUT2D eigenvalue weighted by Crippen LogP contribution is -2.61. The van der Waals surface area contributed by atoms with E-state index in [2.05, 4.69) is 5.32 Å². The molecule has 1 aromatic heterocycles. The Bertz CT molecular complexity index is 820. The number of amides is 3. The predicted molar refractivity (Wildman–Crippen MR) is 89.8 cm³/mol. The van der Waals surface area contributed by atoms with Crippen molar-refractivity contribution in [1.82, 2.24) is 15.1 Å². The third-order valence-electron chi connectivity index (χ3n) is 5.00. The van der Waals surface area contributed by atoms with Crippen LogP contribution in [-0.2, 0) is 9.59 Å². The van der Waals surface area contributed by atoms with Gasteiger partial charge in [-0.15, -0.1) is 0 Å². The van der Waals surface area contributed by atoms with Crippen LogP contribution in [0, 0.1) is 5.92 Å². The molecule has 3 amide bonds. The topological polar surface area (TPSA) is 82.9 Å². The molecule has 4 rings (SSSR count). The molecule has 7 heteroatoms. The zero-order valence-electron chi connectivity index (χ0n) is 13.9. The molecule has 0 spiro atoms. The molecule has 130 valence electrons. The maximum Gasteiger partial charge on any atom is 0.289 e. The second kappa shape index (κ2) is 5.91. The number of rotatable bonds is 3. The largest absolute Gasteiger partial charge is 0.451 e. The molecule has 25 heavy (non-hydrogen) atoms. The average Bonchev–Trinajstić information content (AvgIpc) is 3.17. The molecule has 3 heterocycles. The number of nitrogens with one attached hydrogen (secondary N) is 1. The predicted octanol–water partition coefficient (Wildman–Crippen LogP) is 0.852. The molecule has 0 aliphatic carbocycles. The lowest BCUT2D eigenvalue weighted by molar-refractivity contribution is -0.132. The van der Waals surface area contributed by atoms with E-state index in [0.29, 0.717) is 31.0 Å². The van der Waals surface area contributed by atoms with Gasteiger partial charge in [-0.25, -0.2) is 0 Å². The van der Waals surface area contributed by atoms with Gasteiger partial charge in [-0.05, 0) is 12.1 Å². The fraction of sp³-hybridized carbons (Fsp3) is 0.389. The molecule has 2 aliphatic heterocycles. The Balaban J connectivity index is 1.39. The van der Waals surface area contributed by atoms with Crippen molar-refractivity contribution in [3.8, 4) is 0 Å². The lowest BCUT2D eigenvalue weighted by Gasteiger charge is -2.43. The Labute approximate surface area is 144 Å². The molecule has 1 aromatic carbocycles. The average molecular weight is 341 g/mol. The fourth-order valence-corrected chi connectivity index (χ4v) is 3.53. The van der Waals surface area contributed by atoms with Crippen LogP contribution in [0.2, 0.25) is 0 Å². The van der Waals surface area contributed by atoms with Gasteiger partial charge in [-0.1, -0.05) is 18.2 Å². The number of carbonyl (C=O) groups excluding carboxylic acids is 3. The van der Waals surface area contributed by atoms with Crippen molar-refractivity contribution >= 4 is 28.7 Å². The zero-order valence-corrected chi connectivity index (χ0v) is 13.9. The van der Waals surface area contributed by atoms with Gasteiger partial charge in [-0.2, -0.15) is 0 Å². The number of para-hydroxylation sites is 1. The SMILES string of the molecule is CNC(=O)C1CC(=O)N(C2CN(C(=O)c3cc4ccccc4o3)C2)C1. The monoisotopic (exact) mass is 341 g/mol.